The molecule has 0 aliphatic rings. The smallest absolute Gasteiger partial charge is 0.312 e. The maximum absolute atomic E-state index is 11.4. The highest BCUT2D eigenvalue weighted by molar-refractivity contribution is 5.93. The minimum Gasteiger partial charge on any atom is -0.494 e. The Kier molecular flexibility index (Phi) is 5.85. The van der Waals surface area contributed by atoms with Crippen LogP contribution in [-0.4, -0.2) is 42.1 Å². The predicted molar refractivity (Wildman–Crippen MR) is 71.2 cm³/mol. The van der Waals surface area contributed by atoms with E-state index in [4.69, 9.17) is 9.84 Å². The van der Waals surface area contributed by atoms with Crippen molar-refractivity contribution in [2.75, 3.05) is 20.2 Å². The third-order valence-corrected chi connectivity index (χ3v) is 2.70. The molecule has 104 valence electrons. The summed E-state index contributed by atoms with van der Waals surface area (Å²) in [5.74, 6) is -0.655. The quantitative estimate of drug-likeness (QED) is 0.760. The summed E-state index contributed by atoms with van der Waals surface area (Å²) in [4.78, 5) is 23.3. The first-order chi connectivity index (χ1) is 9.02. The van der Waals surface area contributed by atoms with E-state index in [0.29, 0.717) is 19.6 Å². The Morgan fingerprint density at radius 2 is 1.89 bits per heavy atom. The van der Waals surface area contributed by atoms with Gasteiger partial charge in [-0.1, -0.05) is 12.1 Å². The van der Waals surface area contributed by atoms with E-state index in [0.717, 1.165) is 11.3 Å². The predicted octanol–water partition coefficient (Wildman–Crippen LogP) is 1.56. The van der Waals surface area contributed by atoms with Gasteiger partial charge in [-0.25, -0.2) is 0 Å². The summed E-state index contributed by atoms with van der Waals surface area (Å²) in [7, 11) is 1.61. The van der Waals surface area contributed by atoms with Gasteiger partial charge in [0.05, 0.1) is 6.61 Å². The molecule has 0 fully saturated rings. The van der Waals surface area contributed by atoms with Crippen LogP contribution in [0.3, 0.4) is 0 Å². The van der Waals surface area contributed by atoms with Gasteiger partial charge in [0.25, 0.3) is 0 Å². The summed E-state index contributed by atoms with van der Waals surface area (Å²) in [5, 5.41) is 8.54. The molecule has 0 spiro atoms. The number of hydrogen-bond acceptors (Lipinski definition) is 3. The van der Waals surface area contributed by atoms with Crippen molar-refractivity contribution in [2.45, 2.75) is 19.8 Å². The van der Waals surface area contributed by atoms with Gasteiger partial charge in [0, 0.05) is 13.6 Å². The fourth-order valence-corrected chi connectivity index (χ4v) is 1.60. The highest BCUT2D eigenvalue weighted by Crippen LogP contribution is 2.12. The molecule has 5 nitrogen and oxygen atoms in total. The van der Waals surface area contributed by atoms with E-state index in [9.17, 15) is 9.59 Å². The number of carbonyl (C=O) groups is 2. The molecule has 0 aromatic heterocycles. The minimum atomic E-state index is -1.10. The number of nitrogens with zero attached hydrogens (tertiary/aromatic N) is 1. The number of benzene rings is 1. The van der Waals surface area contributed by atoms with Crippen LogP contribution in [0.1, 0.15) is 18.9 Å². The number of aliphatic carboxylic acids is 1. The van der Waals surface area contributed by atoms with Crippen LogP contribution in [0.2, 0.25) is 0 Å². The molecule has 0 bridgehead atoms. The van der Waals surface area contributed by atoms with E-state index >= 15 is 0 Å². The van der Waals surface area contributed by atoms with Crippen molar-refractivity contribution in [1.82, 2.24) is 4.90 Å². The van der Waals surface area contributed by atoms with E-state index in [1.165, 1.54) is 4.90 Å². The van der Waals surface area contributed by atoms with Gasteiger partial charge >= 0.3 is 5.97 Å². The first-order valence-electron chi connectivity index (χ1n) is 6.20. The van der Waals surface area contributed by atoms with Crippen LogP contribution < -0.4 is 4.74 Å². The van der Waals surface area contributed by atoms with Crippen LogP contribution in [0.15, 0.2) is 24.3 Å². The zero-order valence-electron chi connectivity index (χ0n) is 11.3. The molecule has 1 aromatic carbocycles. The summed E-state index contributed by atoms with van der Waals surface area (Å²) in [6, 6.07) is 7.66. The molecule has 5 heteroatoms. The SMILES string of the molecule is CCOc1ccc(CCN(C)C(=O)CC(=O)O)cc1. The second-order valence-electron chi connectivity index (χ2n) is 4.21. The van der Waals surface area contributed by atoms with Gasteiger partial charge in [-0.2, -0.15) is 0 Å². The summed E-state index contributed by atoms with van der Waals surface area (Å²) in [5.41, 5.74) is 1.08. The van der Waals surface area contributed by atoms with E-state index in [2.05, 4.69) is 0 Å². The molecule has 0 aliphatic heterocycles. The normalized spacial score (nSPS) is 10.0. The van der Waals surface area contributed by atoms with Crippen molar-refractivity contribution in [1.29, 1.82) is 0 Å². The number of likely N-dealkylation sites (N-methyl/N-ethyl adjacent to an activating group) is 1. The van der Waals surface area contributed by atoms with Crippen molar-refractivity contribution in [3.05, 3.63) is 29.8 Å². The molecule has 0 saturated heterocycles. The van der Waals surface area contributed by atoms with Crippen molar-refractivity contribution in [3.8, 4) is 5.75 Å². The molecule has 1 N–H and O–H groups in total. The standard InChI is InChI=1S/C14H19NO4/c1-3-19-12-6-4-11(5-7-12)8-9-15(2)13(16)10-14(17)18/h4-7H,3,8-10H2,1-2H3,(H,17,18). The maximum Gasteiger partial charge on any atom is 0.312 e. The Hall–Kier alpha value is -2.04. The van der Waals surface area contributed by atoms with Gasteiger partial charge in [-0.05, 0) is 31.0 Å². The number of rotatable bonds is 7. The van der Waals surface area contributed by atoms with Crippen LogP contribution in [0, 0.1) is 0 Å². The van der Waals surface area contributed by atoms with Gasteiger partial charge in [-0.3, -0.25) is 9.59 Å². The topological polar surface area (TPSA) is 66.8 Å². The molecule has 1 amide bonds. The van der Waals surface area contributed by atoms with Crippen LogP contribution in [0.25, 0.3) is 0 Å². The molecular weight excluding hydrogens is 246 g/mol. The zero-order chi connectivity index (χ0) is 14.3. The average Bonchev–Trinajstić information content (AvgIpc) is 2.37. The maximum atomic E-state index is 11.4. The van der Waals surface area contributed by atoms with Crippen molar-refractivity contribution >= 4 is 11.9 Å². The zero-order valence-corrected chi connectivity index (χ0v) is 11.3. The third kappa shape index (κ3) is 5.42. The number of hydrogen-bond donors (Lipinski definition) is 1. The van der Waals surface area contributed by atoms with Crippen LogP contribution in [0.5, 0.6) is 5.75 Å². The van der Waals surface area contributed by atoms with Crippen molar-refractivity contribution in [3.63, 3.8) is 0 Å². The third-order valence-electron chi connectivity index (χ3n) is 2.70. The molecule has 1 rings (SSSR count). The van der Waals surface area contributed by atoms with E-state index in [-0.39, 0.29) is 5.91 Å². The Labute approximate surface area is 112 Å². The Bertz CT molecular complexity index is 428. The average molecular weight is 265 g/mol. The Balaban J connectivity index is 2.43. The highest BCUT2D eigenvalue weighted by atomic mass is 16.5. The van der Waals surface area contributed by atoms with E-state index in [1.54, 1.807) is 7.05 Å². The number of carboxylic acid groups (broad SMARTS) is 1. The van der Waals surface area contributed by atoms with Gasteiger partial charge < -0.3 is 14.7 Å². The lowest BCUT2D eigenvalue weighted by Gasteiger charge is -2.16. The first kappa shape index (κ1) is 15.0. The fraction of sp³-hybridized carbons (Fsp3) is 0.429. The fourth-order valence-electron chi connectivity index (χ4n) is 1.60. The molecule has 0 unspecified atom stereocenters. The molecule has 0 saturated carbocycles. The number of amides is 1. The highest BCUT2D eigenvalue weighted by Gasteiger charge is 2.12. The Morgan fingerprint density at radius 3 is 2.42 bits per heavy atom. The molecular formula is C14H19NO4. The van der Waals surface area contributed by atoms with E-state index < -0.39 is 12.4 Å². The second-order valence-corrected chi connectivity index (χ2v) is 4.21. The minimum absolute atomic E-state index is 0.376. The summed E-state index contributed by atoms with van der Waals surface area (Å²) < 4.78 is 5.34. The van der Waals surface area contributed by atoms with Crippen LogP contribution in [0.4, 0.5) is 0 Å². The van der Waals surface area contributed by atoms with Crippen LogP contribution >= 0.6 is 0 Å². The monoisotopic (exact) mass is 265 g/mol. The molecule has 19 heavy (non-hydrogen) atoms. The number of ether oxygens (including phenoxy) is 1. The molecule has 0 heterocycles. The van der Waals surface area contributed by atoms with Gasteiger partial charge in [0.15, 0.2) is 0 Å². The summed E-state index contributed by atoms with van der Waals surface area (Å²) in [6.45, 7) is 3.06. The Morgan fingerprint density at radius 1 is 1.26 bits per heavy atom. The van der Waals surface area contributed by atoms with Crippen LogP contribution in [-0.2, 0) is 16.0 Å². The number of carbonyl (C=O) groups excluding carboxylic acids is 1. The molecule has 0 aliphatic carbocycles. The van der Waals surface area contributed by atoms with Gasteiger partial charge in [-0.15, -0.1) is 0 Å². The molecule has 1 aromatic rings. The lowest BCUT2D eigenvalue weighted by Crippen LogP contribution is -2.30. The molecule has 0 radical (unpaired) electrons. The summed E-state index contributed by atoms with van der Waals surface area (Å²) >= 11 is 0. The lowest BCUT2D eigenvalue weighted by molar-refractivity contribution is -0.143. The molecule has 0 atom stereocenters. The van der Waals surface area contributed by atoms with E-state index in [1.807, 2.05) is 31.2 Å². The second kappa shape index (κ2) is 7.41. The lowest BCUT2D eigenvalue weighted by atomic mass is 10.1. The van der Waals surface area contributed by atoms with Crippen molar-refractivity contribution < 1.29 is 19.4 Å². The van der Waals surface area contributed by atoms with Gasteiger partial charge in [0.1, 0.15) is 12.2 Å². The summed E-state index contributed by atoms with van der Waals surface area (Å²) in [6.07, 6.45) is 0.230. The first-order valence-corrected chi connectivity index (χ1v) is 6.20. The van der Waals surface area contributed by atoms with Gasteiger partial charge in [0.2, 0.25) is 5.91 Å². The number of carboxylic acids is 1. The largest absolute Gasteiger partial charge is 0.494 e. The van der Waals surface area contributed by atoms with Crippen molar-refractivity contribution in [2.24, 2.45) is 0 Å².